The summed E-state index contributed by atoms with van der Waals surface area (Å²) in [5, 5.41) is 8.90. The van der Waals surface area contributed by atoms with Crippen molar-refractivity contribution in [3.63, 3.8) is 0 Å². The van der Waals surface area contributed by atoms with Crippen molar-refractivity contribution >= 4 is 10.0 Å². The predicted octanol–water partition coefficient (Wildman–Crippen LogP) is 3.54. The summed E-state index contributed by atoms with van der Waals surface area (Å²) in [7, 11) is -2.16. The van der Waals surface area contributed by atoms with Gasteiger partial charge in [0.05, 0.1) is 12.0 Å². The fraction of sp³-hybridized carbons (Fsp3) is 0.261. The van der Waals surface area contributed by atoms with Crippen LogP contribution >= 0.6 is 0 Å². The molecule has 0 amide bonds. The third kappa shape index (κ3) is 5.46. The molecule has 29 heavy (non-hydrogen) atoms. The molecule has 0 aliphatic heterocycles. The van der Waals surface area contributed by atoms with Gasteiger partial charge in [-0.1, -0.05) is 42.5 Å². The Kier molecular flexibility index (Phi) is 6.72. The van der Waals surface area contributed by atoms with Gasteiger partial charge in [-0.25, -0.2) is 13.6 Å². The summed E-state index contributed by atoms with van der Waals surface area (Å²) < 4.78 is 29.7. The normalized spacial score (nSPS) is 14.1. The van der Waals surface area contributed by atoms with Crippen LogP contribution in [0.5, 0.6) is 0 Å². The second-order valence-electron chi connectivity index (χ2n) is 7.09. The second kappa shape index (κ2) is 9.25. The molecule has 0 spiro atoms. The number of primary sulfonamides is 1. The number of allylic oxidation sites excluding steroid dienone is 1. The van der Waals surface area contributed by atoms with Crippen molar-refractivity contribution in [3.8, 4) is 11.1 Å². The third-order valence-electron chi connectivity index (χ3n) is 4.86. The highest BCUT2D eigenvalue weighted by atomic mass is 32.2. The average Bonchev–Trinajstić information content (AvgIpc) is 2.71. The zero-order chi connectivity index (χ0) is 20.9. The first-order valence-electron chi connectivity index (χ1n) is 9.48. The lowest BCUT2D eigenvalue weighted by Gasteiger charge is -2.15. The van der Waals surface area contributed by atoms with E-state index in [4.69, 9.17) is 9.88 Å². The van der Waals surface area contributed by atoms with E-state index < -0.39 is 10.0 Å². The molecule has 0 heterocycles. The molecule has 2 aromatic carbocycles. The van der Waals surface area contributed by atoms with Gasteiger partial charge in [-0.05, 0) is 48.2 Å². The molecule has 5 nitrogen and oxygen atoms in total. The number of nitrogens with two attached hydrogens (primary N) is 1. The predicted molar refractivity (Wildman–Crippen MR) is 116 cm³/mol. The van der Waals surface area contributed by atoms with Crippen LogP contribution in [0.4, 0.5) is 0 Å². The van der Waals surface area contributed by atoms with Crippen molar-refractivity contribution in [1.29, 1.82) is 0 Å². The first-order chi connectivity index (χ1) is 13.9. The molecule has 2 aromatic rings. The van der Waals surface area contributed by atoms with Gasteiger partial charge in [0.1, 0.15) is 5.76 Å². The highest BCUT2D eigenvalue weighted by Gasteiger charge is 2.16. The molecule has 0 atom stereocenters. The maximum Gasteiger partial charge on any atom is 0.238 e. The molecule has 0 unspecified atom stereocenters. The zero-order valence-electron chi connectivity index (χ0n) is 16.7. The Bertz CT molecular complexity index is 1080. The molecule has 152 valence electrons. The molecule has 0 fully saturated rings. The number of hydrogen-bond acceptors (Lipinski definition) is 4. The highest BCUT2D eigenvalue weighted by Crippen LogP contribution is 2.27. The van der Waals surface area contributed by atoms with Crippen molar-refractivity contribution in [2.45, 2.75) is 24.7 Å². The molecule has 3 N–H and O–H groups in total. The van der Waals surface area contributed by atoms with Crippen LogP contribution in [-0.2, 0) is 21.2 Å². The van der Waals surface area contributed by atoms with Gasteiger partial charge < -0.3 is 10.1 Å². The van der Waals surface area contributed by atoms with E-state index in [1.54, 1.807) is 13.2 Å². The molecule has 0 aromatic heterocycles. The zero-order valence-corrected chi connectivity index (χ0v) is 17.6. The van der Waals surface area contributed by atoms with Crippen LogP contribution in [0.25, 0.3) is 11.1 Å². The Labute approximate surface area is 172 Å². The maximum atomic E-state index is 12.1. The summed E-state index contributed by atoms with van der Waals surface area (Å²) in [6, 6.07) is 14.9. The van der Waals surface area contributed by atoms with E-state index in [0.29, 0.717) is 25.1 Å². The van der Waals surface area contributed by atoms with Crippen molar-refractivity contribution < 1.29 is 13.2 Å². The molecule has 0 saturated heterocycles. The van der Waals surface area contributed by atoms with Crippen molar-refractivity contribution in [2.75, 3.05) is 20.2 Å². The summed E-state index contributed by atoms with van der Waals surface area (Å²) in [5.74, 6) is 0.854. The van der Waals surface area contributed by atoms with Gasteiger partial charge >= 0.3 is 0 Å². The quantitative estimate of drug-likeness (QED) is 0.515. The van der Waals surface area contributed by atoms with Crippen LogP contribution in [0.1, 0.15) is 18.9 Å². The van der Waals surface area contributed by atoms with Crippen LogP contribution in [0.2, 0.25) is 0 Å². The molecule has 0 radical (unpaired) electrons. The smallest absolute Gasteiger partial charge is 0.238 e. The number of sulfonamides is 1. The van der Waals surface area contributed by atoms with E-state index >= 15 is 0 Å². The summed E-state index contributed by atoms with van der Waals surface area (Å²) in [4.78, 5) is 0.156. The van der Waals surface area contributed by atoms with Crippen molar-refractivity contribution in [2.24, 2.45) is 5.14 Å². The minimum absolute atomic E-state index is 0.156. The Balaban J connectivity index is 1.69. The number of benzene rings is 2. The third-order valence-corrected chi connectivity index (χ3v) is 5.81. The van der Waals surface area contributed by atoms with Crippen LogP contribution in [0.15, 0.2) is 82.1 Å². The van der Waals surface area contributed by atoms with Gasteiger partial charge in [-0.2, -0.15) is 0 Å². The largest absolute Gasteiger partial charge is 0.496 e. The number of rotatable bonds is 8. The molecular formula is C23H26N2O3S. The van der Waals surface area contributed by atoms with Crippen LogP contribution < -0.4 is 10.5 Å². The van der Waals surface area contributed by atoms with Crippen LogP contribution in [-0.4, -0.2) is 28.6 Å². The standard InChI is InChI=1S/C23H26N2O3S/c1-17-8-11-22(28-2)20(14-17)16-25-13-12-18-9-10-21(19-6-4-3-5-7-19)23(15-18)29(24,26)27/h3-7,9-11,15,25H,12-14,16H2,1-2H3,(H2,24,26,27). The molecule has 0 bridgehead atoms. The number of hydrogen-bond donors (Lipinski definition) is 2. The van der Waals surface area contributed by atoms with Gasteiger partial charge in [0.25, 0.3) is 0 Å². The van der Waals surface area contributed by atoms with E-state index in [2.05, 4.69) is 11.0 Å². The van der Waals surface area contributed by atoms with Gasteiger partial charge in [0, 0.05) is 24.6 Å². The molecule has 1 aliphatic rings. The second-order valence-corrected chi connectivity index (χ2v) is 8.62. The number of nitrogens with one attached hydrogen (secondary N) is 1. The molecule has 3 rings (SSSR count). The van der Waals surface area contributed by atoms with E-state index in [1.807, 2.05) is 55.5 Å². The summed E-state index contributed by atoms with van der Waals surface area (Å²) in [6.07, 6.45) is 3.41. The Morgan fingerprint density at radius 3 is 2.62 bits per heavy atom. The first kappa shape index (κ1) is 21.1. The summed E-state index contributed by atoms with van der Waals surface area (Å²) in [6.45, 7) is 3.47. The SMILES string of the molecule is COC1=C(CNCCc2ccc(-c3ccccc3)c(S(N)(=O)=O)c2)CC(C)=C=C1. The first-order valence-corrected chi connectivity index (χ1v) is 11.0. The summed E-state index contributed by atoms with van der Waals surface area (Å²) >= 11 is 0. The fourth-order valence-electron chi connectivity index (χ4n) is 3.39. The molecule has 6 heteroatoms. The van der Waals surface area contributed by atoms with Gasteiger partial charge in [0.2, 0.25) is 10.0 Å². The van der Waals surface area contributed by atoms with Crippen molar-refractivity contribution in [1.82, 2.24) is 5.32 Å². The van der Waals surface area contributed by atoms with E-state index in [-0.39, 0.29) is 4.90 Å². The number of ether oxygens (including phenoxy) is 1. The topological polar surface area (TPSA) is 81.4 Å². The lowest BCUT2D eigenvalue weighted by atomic mass is 10.0. The number of methoxy groups -OCH3 is 1. The monoisotopic (exact) mass is 410 g/mol. The molecule has 0 saturated carbocycles. The van der Waals surface area contributed by atoms with E-state index in [1.165, 1.54) is 11.1 Å². The van der Waals surface area contributed by atoms with Crippen LogP contribution in [0.3, 0.4) is 0 Å². The minimum Gasteiger partial charge on any atom is -0.496 e. The average molecular weight is 411 g/mol. The van der Waals surface area contributed by atoms with Crippen LogP contribution in [0, 0.1) is 0 Å². The maximum absolute atomic E-state index is 12.1. The van der Waals surface area contributed by atoms with E-state index in [0.717, 1.165) is 23.3 Å². The lowest BCUT2D eigenvalue weighted by Crippen LogP contribution is -2.22. The molecule has 1 aliphatic carbocycles. The minimum atomic E-state index is -3.83. The Morgan fingerprint density at radius 2 is 1.93 bits per heavy atom. The van der Waals surface area contributed by atoms with Gasteiger partial charge in [-0.15, -0.1) is 5.73 Å². The Hall–Kier alpha value is -2.63. The van der Waals surface area contributed by atoms with Gasteiger partial charge in [-0.3, -0.25) is 0 Å². The van der Waals surface area contributed by atoms with Gasteiger partial charge in [0.15, 0.2) is 0 Å². The lowest BCUT2D eigenvalue weighted by molar-refractivity contribution is 0.299. The Morgan fingerprint density at radius 1 is 1.17 bits per heavy atom. The van der Waals surface area contributed by atoms with E-state index in [9.17, 15) is 8.42 Å². The fourth-order valence-corrected chi connectivity index (χ4v) is 4.20. The molecular weight excluding hydrogens is 384 g/mol. The van der Waals surface area contributed by atoms with Crippen molar-refractivity contribution in [3.05, 3.63) is 82.8 Å². The summed E-state index contributed by atoms with van der Waals surface area (Å²) in [5.41, 5.74) is 7.91. The highest BCUT2D eigenvalue weighted by molar-refractivity contribution is 7.89.